The molecule has 2 nitrogen and oxygen atoms in total. The van der Waals surface area contributed by atoms with E-state index in [0.29, 0.717) is 17.7 Å². The molecule has 0 aliphatic carbocycles. The fourth-order valence-electron chi connectivity index (χ4n) is 1.83. The van der Waals surface area contributed by atoms with Crippen LogP contribution in [0.1, 0.15) is 29.3 Å². The number of ether oxygens (including phenoxy) is 1. The first kappa shape index (κ1) is 14.2. The molecular formula is C16H14F2O2. The van der Waals surface area contributed by atoms with Crippen molar-refractivity contribution in [1.82, 2.24) is 0 Å². The molecule has 0 saturated heterocycles. The van der Waals surface area contributed by atoms with Gasteiger partial charge in [0.15, 0.2) is 5.78 Å². The molecule has 0 aliphatic rings. The van der Waals surface area contributed by atoms with E-state index in [4.69, 9.17) is 4.74 Å². The molecule has 0 radical (unpaired) electrons. The van der Waals surface area contributed by atoms with E-state index in [9.17, 15) is 13.6 Å². The topological polar surface area (TPSA) is 26.3 Å². The van der Waals surface area contributed by atoms with Crippen LogP contribution in [0.4, 0.5) is 8.78 Å². The smallest absolute Gasteiger partial charge is 0.166 e. The van der Waals surface area contributed by atoms with Crippen molar-refractivity contribution in [3.63, 3.8) is 0 Å². The molecule has 0 aromatic heterocycles. The number of hydrogen-bond donors (Lipinski definition) is 0. The molecule has 0 saturated carbocycles. The van der Waals surface area contributed by atoms with Crippen molar-refractivity contribution in [1.29, 1.82) is 0 Å². The summed E-state index contributed by atoms with van der Waals surface area (Å²) in [5.41, 5.74) is 0.276. The van der Waals surface area contributed by atoms with Crippen LogP contribution in [-0.4, -0.2) is 5.78 Å². The second-order valence-corrected chi connectivity index (χ2v) is 4.26. The molecule has 0 heterocycles. The molecule has 2 aromatic carbocycles. The Hall–Kier alpha value is -2.23. The second-order valence-electron chi connectivity index (χ2n) is 4.26. The molecule has 0 amide bonds. The summed E-state index contributed by atoms with van der Waals surface area (Å²) in [5, 5.41) is 0. The number of halogens is 2. The Kier molecular flexibility index (Phi) is 4.45. The fraction of sp³-hybridized carbons (Fsp3) is 0.188. The predicted octanol–water partition coefficient (Wildman–Crippen LogP) is 4.14. The largest absolute Gasteiger partial charge is 0.488 e. The normalized spacial score (nSPS) is 10.3. The minimum atomic E-state index is -0.663. The molecule has 104 valence electrons. The molecule has 0 spiro atoms. The molecule has 0 unspecified atom stereocenters. The average Bonchev–Trinajstić information content (AvgIpc) is 2.46. The Bertz CT molecular complexity index is 603. The summed E-state index contributed by atoms with van der Waals surface area (Å²) in [7, 11) is 0. The van der Waals surface area contributed by atoms with E-state index in [2.05, 4.69) is 0 Å². The minimum Gasteiger partial charge on any atom is -0.488 e. The predicted molar refractivity (Wildman–Crippen MR) is 71.8 cm³/mol. The monoisotopic (exact) mass is 276 g/mol. The molecule has 0 fully saturated rings. The number of benzene rings is 2. The third-order valence-corrected chi connectivity index (χ3v) is 2.94. The van der Waals surface area contributed by atoms with Crippen molar-refractivity contribution in [2.24, 2.45) is 0 Å². The van der Waals surface area contributed by atoms with Crippen molar-refractivity contribution in [3.8, 4) is 5.75 Å². The SMILES string of the molecule is CCC(=O)c1ccccc1OCc1c(F)cccc1F. The lowest BCUT2D eigenvalue weighted by Gasteiger charge is -2.11. The van der Waals surface area contributed by atoms with Gasteiger partial charge < -0.3 is 4.74 Å². The fourth-order valence-corrected chi connectivity index (χ4v) is 1.83. The zero-order valence-electron chi connectivity index (χ0n) is 11.0. The van der Waals surface area contributed by atoms with Crippen LogP contribution in [-0.2, 0) is 6.61 Å². The third-order valence-electron chi connectivity index (χ3n) is 2.94. The number of carbonyl (C=O) groups excluding carboxylic acids is 1. The Labute approximate surface area is 116 Å². The average molecular weight is 276 g/mol. The first-order chi connectivity index (χ1) is 9.63. The summed E-state index contributed by atoms with van der Waals surface area (Å²) in [5.74, 6) is -1.06. The number of para-hydroxylation sites is 1. The van der Waals surface area contributed by atoms with Crippen LogP contribution >= 0.6 is 0 Å². The molecule has 2 aromatic rings. The summed E-state index contributed by atoms with van der Waals surface area (Å²) < 4.78 is 32.4. The molecular weight excluding hydrogens is 262 g/mol. The maximum Gasteiger partial charge on any atom is 0.166 e. The lowest BCUT2D eigenvalue weighted by molar-refractivity contribution is 0.0983. The van der Waals surface area contributed by atoms with E-state index >= 15 is 0 Å². The van der Waals surface area contributed by atoms with Gasteiger partial charge in [0.1, 0.15) is 24.0 Å². The van der Waals surface area contributed by atoms with Crippen molar-refractivity contribution in [2.75, 3.05) is 0 Å². The van der Waals surface area contributed by atoms with Crippen molar-refractivity contribution < 1.29 is 18.3 Å². The van der Waals surface area contributed by atoms with Crippen molar-refractivity contribution >= 4 is 5.78 Å². The van der Waals surface area contributed by atoms with Gasteiger partial charge in [-0.15, -0.1) is 0 Å². The van der Waals surface area contributed by atoms with E-state index in [0.717, 1.165) is 0 Å². The molecule has 2 rings (SSSR count). The number of Topliss-reactive ketones (excluding diaryl/α,β-unsaturated/α-hetero) is 1. The van der Waals surface area contributed by atoms with Gasteiger partial charge in [0.2, 0.25) is 0 Å². The van der Waals surface area contributed by atoms with E-state index in [1.165, 1.54) is 18.2 Å². The zero-order valence-corrected chi connectivity index (χ0v) is 11.0. The van der Waals surface area contributed by atoms with Crippen molar-refractivity contribution in [2.45, 2.75) is 20.0 Å². The Morgan fingerprint density at radius 3 is 2.35 bits per heavy atom. The van der Waals surface area contributed by atoms with E-state index in [-0.39, 0.29) is 18.0 Å². The van der Waals surface area contributed by atoms with Gasteiger partial charge in [-0.3, -0.25) is 4.79 Å². The molecule has 0 bridgehead atoms. The maximum atomic E-state index is 13.5. The van der Waals surface area contributed by atoms with Gasteiger partial charge in [0, 0.05) is 6.42 Å². The van der Waals surface area contributed by atoms with Crippen LogP contribution in [0, 0.1) is 11.6 Å². The van der Waals surface area contributed by atoms with Crippen LogP contribution in [0.25, 0.3) is 0 Å². The van der Waals surface area contributed by atoms with Crippen LogP contribution < -0.4 is 4.74 Å². The minimum absolute atomic E-state index is 0.0744. The highest BCUT2D eigenvalue weighted by atomic mass is 19.1. The number of ketones is 1. The quantitative estimate of drug-likeness (QED) is 0.767. The Balaban J connectivity index is 2.21. The lowest BCUT2D eigenvalue weighted by Crippen LogP contribution is -2.05. The first-order valence-corrected chi connectivity index (χ1v) is 6.31. The third kappa shape index (κ3) is 3.02. The van der Waals surface area contributed by atoms with Gasteiger partial charge in [-0.2, -0.15) is 0 Å². The van der Waals surface area contributed by atoms with Gasteiger partial charge >= 0.3 is 0 Å². The molecule has 0 N–H and O–H groups in total. The molecule has 4 heteroatoms. The zero-order chi connectivity index (χ0) is 14.5. The summed E-state index contributed by atoms with van der Waals surface area (Å²) in [6, 6.07) is 10.3. The highest BCUT2D eigenvalue weighted by Gasteiger charge is 2.13. The summed E-state index contributed by atoms with van der Waals surface area (Å²) >= 11 is 0. The molecule has 20 heavy (non-hydrogen) atoms. The number of carbonyl (C=O) groups is 1. The van der Waals surface area contributed by atoms with Gasteiger partial charge in [0.25, 0.3) is 0 Å². The van der Waals surface area contributed by atoms with Crippen LogP contribution in [0.15, 0.2) is 42.5 Å². The van der Waals surface area contributed by atoms with E-state index < -0.39 is 11.6 Å². The standard InChI is InChI=1S/C16H14F2O2/c1-2-15(19)11-6-3-4-9-16(11)20-10-12-13(17)7-5-8-14(12)18/h3-9H,2,10H2,1H3. The van der Waals surface area contributed by atoms with Crippen LogP contribution in [0.2, 0.25) is 0 Å². The summed E-state index contributed by atoms with van der Waals surface area (Å²) in [6.07, 6.45) is 0.342. The highest BCUT2D eigenvalue weighted by molar-refractivity contribution is 5.98. The second kappa shape index (κ2) is 6.28. The summed E-state index contributed by atoms with van der Waals surface area (Å²) in [6.45, 7) is 1.49. The Morgan fingerprint density at radius 2 is 1.70 bits per heavy atom. The maximum absolute atomic E-state index is 13.5. The Morgan fingerprint density at radius 1 is 1.05 bits per heavy atom. The van der Waals surface area contributed by atoms with Gasteiger partial charge in [-0.1, -0.05) is 25.1 Å². The molecule has 0 atom stereocenters. The van der Waals surface area contributed by atoms with E-state index in [1.807, 2.05) is 0 Å². The lowest BCUT2D eigenvalue weighted by atomic mass is 10.1. The summed E-state index contributed by atoms with van der Waals surface area (Å²) in [4.78, 5) is 11.8. The van der Waals surface area contributed by atoms with Crippen LogP contribution in [0.3, 0.4) is 0 Å². The van der Waals surface area contributed by atoms with E-state index in [1.54, 1.807) is 31.2 Å². The van der Waals surface area contributed by atoms with Gasteiger partial charge in [-0.05, 0) is 24.3 Å². The van der Waals surface area contributed by atoms with Gasteiger partial charge in [0.05, 0.1) is 11.1 Å². The van der Waals surface area contributed by atoms with Crippen molar-refractivity contribution in [3.05, 3.63) is 65.2 Å². The van der Waals surface area contributed by atoms with Crippen LogP contribution in [0.5, 0.6) is 5.75 Å². The van der Waals surface area contributed by atoms with Gasteiger partial charge in [-0.25, -0.2) is 8.78 Å². The number of rotatable bonds is 5. The molecule has 0 aliphatic heterocycles. The number of hydrogen-bond acceptors (Lipinski definition) is 2. The first-order valence-electron chi connectivity index (χ1n) is 6.31. The highest BCUT2D eigenvalue weighted by Crippen LogP contribution is 2.22.